The second-order valence-electron chi connectivity index (χ2n) is 7.17. The highest BCUT2D eigenvalue weighted by molar-refractivity contribution is 7.99. The lowest BCUT2D eigenvalue weighted by atomic mass is 9.96. The SMILES string of the molecule is Cn1cnnc1Sc1ccc(C(=O)Nc2ccnn2C2CCCCC2)cc1[N+](=O)[O-]. The van der Waals surface area contributed by atoms with Gasteiger partial charge in [-0.25, -0.2) is 4.68 Å². The number of amides is 1. The number of nitrogens with zero attached hydrogens (tertiary/aromatic N) is 6. The topological polar surface area (TPSA) is 121 Å². The predicted octanol–water partition coefficient (Wildman–Crippen LogP) is 3.83. The Hall–Kier alpha value is -3.21. The summed E-state index contributed by atoms with van der Waals surface area (Å²) in [5.41, 5.74) is 0.0526. The second kappa shape index (κ2) is 8.66. The fraction of sp³-hybridized carbons (Fsp3) is 0.368. The van der Waals surface area contributed by atoms with E-state index >= 15 is 0 Å². The van der Waals surface area contributed by atoms with E-state index in [1.807, 2.05) is 4.68 Å². The minimum atomic E-state index is -0.498. The van der Waals surface area contributed by atoms with Crippen LogP contribution in [0.25, 0.3) is 0 Å². The van der Waals surface area contributed by atoms with Crippen LogP contribution in [0.5, 0.6) is 0 Å². The van der Waals surface area contributed by atoms with E-state index in [4.69, 9.17) is 0 Å². The predicted molar refractivity (Wildman–Crippen MR) is 111 cm³/mol. The Balaban J connectivity index is 1.55. The highest BCUT2D eigenvalue weighted by Gasteiger charge is 2.22. The molecule has 1 aliphatic carbocycles. The van der Waals surface area contributed by atoms with Crippen LogP contribution in [-0.4, -0.2) is 35.4 Å². The van der Waals surface area contributed by atoms with Gasteiger partial charge in [0.1, 0.15) is 12.1 Å². The summed E-state index contributed by atoms with van der Waals surface area (Å²) in [6.45, 7) is 0. The Labute approximate surface area is 176 Å². The first-order valence-electron chi connectivity index (χ1n) is 9.68. The first-order valence-corrected chi connectivity index (χ1v) is 10.5. The van der Waals surface area contributed by atoms with Crippen molar-refractivity contribution >= 4 is 29.2 Å². The van der Waals surface area contributed by atoms with Crippen LogP contribution < -0.4 is 5.32 Å². The maximum Gasteiger partial charge on any atom is 0.284 e. The lowest BCUT2D eigenvalue weighted by Gasteiger charge is -2.23. The van der Waals surface area contributed by atoms with Crippen LogP contribution in [0.2, 0.25) is 0 Å². The minimum Gasteiger partial charge on any atom is -0.311 e. The summed E-state index contributed by atoms with van der Waals surface area (Å²) in [4.78, 5) is 24.3. The van der Waals surface area contributed by atoms with Crippen molar-refractivity contribution in [3.63, 3.8) is 0 Å². The molecule has 0 radical (unpaired) electrons. The summed E-state index contributed by atoms with van der Waals surface area (Å²) in [5, 5.41) is 27.0. The molecule has 1 saturated carbocycles. The number of benzene rings is 1. The Kier molecular flexibility index (Phi) is 5.79. The molecule has 156 valence electrons. The molecule has 10 nitrogen and oxygen atoms in total. The smallest absolute Gasteiger partial charge is 0.284 e. The lowest BCUT2D eigenvalue weighted by molar-refractivity contribution is -0.387. The quantitative estimate of drug-likeness (QED) is 0.469. The van der Waals surface area contributed by atoms with Crippen LogP contribution in [0, 0.1) is 10.1 Å². The Morgan fingerprint density at radius 1 is 1.27 bits per heavy atom. The van der Waals surface area contributed by atoms with Gasteiger partial charge in [-0.05, 0) is 36.7 Å². The molecule has 11 heteroatoms. The summed E-state index contributed by atoms with van der Waals surface area (Å²) in [6, 6.07) is 6.44. The average molecular weight is 427 g/mol. The number of anilines is 1. The molecule has 1 N–H and O–H groups in total. The third-order valence-electron chi connectivity index (χ3n) is 5.12. The average Bonchev–Trinajstić information content (AvgIpc) is 3.37. The van der Waals surface area contributed by atoms with Gasteiger partial charge in [-0.2, -0.15) is 5.10 Å². The molecule has 4 rings (SSSR count). The fourth-order valence-electron chi connectivity index (χ4n) is 3.57. The van der Waals surface area contributed by atoms with E-state index < -0.39 is 10.8 Å². The van der Waals surface area contributed by atoms with Gasteiger partial charge < -0.3 is 9.88 Å². The van der Waals surface area contributed by atoms with Gasteiger partial charge in [0.05, 0.1) is 22.1 Å². The number of rotatable bonds is 6. The molecule has 0 spiro atoms. The molecule has 0 saturated heterocycles. The molecule has 3 aromatic rings. The van der Waals surface area contributed by atoms with Crippen molar-refractivity contribution in [2.75, 3.05) is 5.32 Å². The molecular formula is C19H21N7O3S. The van der Waals surface area contributed by atoms with Crippen molar-refractivity contribution in [2.24, 2.45) is 7.05 Å². The van der Waals surface area contributed by atoms with E-state index in [0.717, 1.165) is 37.4 Å². The van der Waals surface area contributed by atoms with Gasteiger partial charge in [-0.15, -0.1) is 10.2 Å². The van der Waals surface area contributed by atoms with Gasteiger partial charge in [-0.1, -0.05) is 19.3 Å². The number of aryl methyl sites for hydroxylation is 1. The van der Waals surface area contributed by atoms with E-state index in [0.29, 0.717) is 15.9 Å². The largest absolute Gasteiger partial charge is 0.311 e. The third-order valence-corrected chi connectivity index (χ3v) is 6.24. The number of nitrogens with one attached hydrogen (secondary N) is 1. The molecule has 1 amide bonds. The van der Waals surface area contributed by atoms with Gasteiger partial charge >= 0.3 is 0 Å². The molecule has 0 unspecified atom stereocenters. The van der Waals surface area contributed by atoms with Crippen molar-refractivity contribution in [3.8, 4) is 0 Å². The summed E-state index contributed by atoms with van der Waals surface area (Å²) >= 11 is 1.12. The van der Waals surface area contributed by atoms with Crippen LogP contribution in [-0.2, 0) is 7.05 Å². The molecule has 0 atom stereocenters. The van der Waals surface area contributed by atoms with Crippen LogP contribution in [0.3, 0.4) is 0 Å². The summed E-state index contributed by atoms with van der Waals surface area (Å²) in [5.74, 6) is 0.193. The monoisotopic (exact) mass is 427 g/mol. The third kappa shape index (κ3) is 4.20. The van der Waals surface area contributed by atoms with E-state index in [1.54, 1.807) is 36.0 Å². The Bertz CT molecular complexity index is 1070. The molecule has 2 aromatic heterocycles. The van der Waals surface area contributed by atoms with E-state index in [1.165, 1.54) is 18.8 Å². The number of aromatic nitrogens is 5. The van der Waals surface area contributed by atoms with Crippen molar-refractivity contribution in [1.29, 1.82) is 0 Å². The number of hydrogen-bond acceptors (Lipinski definition) is 7. The Morgan fingerprint density at radius 3 is 2.77 bits per heavy atom. The van der Waals surface area contributed by atoms with E-state index in [-0.39, 0.29) is 17.3 Å². The van der Waals surface area contributed by atoms with Gasteiger partial charge in [-0.3, -0.25) is 14.9 Å². The molecule has 1 aromatic carbocycles. The van der Waals surface area contributed by atoms with Gasteiger partial charge in [0.25, 0.3) is 11.6 Å². The highest BCUT2D eigenvalue weighted by atomic mass is 32.2. The number of carbonyl (C=O) groups is 1. The van der Waals surface area contributed by atoms with Crippen molar-refractivity contribution in [1.82, 2.24) is 24.5 Å². The number of carbonyl (C=O) groups excluding carboxylic acids is 1. The maximum atomic E-state index is 12.8. The normalized spacial score (nSPS) is 14.6. The minimum absolute atomic E-state index is 0.156. The van der Waals surface area contributed by atoms with Crippen LogP contribution >= 0.6 is 11.8 Å². The maximum absolute atomic E-state index is 12.8. The molecule has 0 bridgehead atoms. The zero-order valence-corrected chi connectivity index (χ0v) is 17.2. The van der Waals surface area contributed by atoms with Gasteiger partial charge in [0.15, 0.2) is 5.16 Å². The first-order chi connectivity index (χ1) is 14.5. The number of hydrogen-bond donors (Lipinski definition) is 1. The van der Waals surface area contributed by atoms with Crippen LogP contribution in [0.4, 0.5) is 11.5 Å². The molecular weight excluding hydrogens is 406 g/mol. The fourth-order valence-corrected chi connectivity index (χ4v) is 4.42. The van der Waals surface area contributed by atoms with Crippen molar-refractivity contribution in [3.05, 3.63) is 52.5 Å². The van der Waals surface area contributed by atoms with Crippen LogP contribution in [0.1, 0.15) is 48.5 Å². The lowest BCUT2D eigenvalue weighted by Crippen LogP contribution is -2.20. The van der Waals surface area contributed by atoms with E-state index in [2.05, 4.69) is 20.6 Å². The zero-order valence-electron chi connectivity index (χ0n) is 16.4. The summed E-state index contributed by atoms with van der Waals surface area (Å²) < 4.78 is 3.52. The van der Waals surface area contributed by atoms with Gasteiger partial charge in [0, 0.05) is 24.7 Å². The highest BCUT2D eigenvalue weighted by Crippen LogP contribution is 2.34. The van der Waals surface area contributed by atoms with Crippen molar-refractivity contribution < 1.29 is 9.72 Å². The van der Waals surface area contributed by atoms with E-state index in [9.17, 15) is 14.9 Å². The molecule has 2 heterocycles. The molecule has 30 heavy (non-hydrogen) atoms. The zero-order chi connectivity index (χ0) is 21.1. The summed E-state index contributed by atoms with van der Waals surface area (Å²) in [6.07, 6.45) is 8.76. The van der Waals surface area contributed by atoms with Crippen molar-refractivity contribution in [2.45, 2.75) is 48.2 Å². The molecule has 1 fully saturated rings. The standard InChI is InChI=1S/C19H21N7O3S/c1-24-12-20-23-19(24)30-16-8-7-13(11-15(16)26(28)29)18(27)22-17-9-10-21-25(17)14-5-3-2-4-6-14/h7-12,14H,2-6H2,1H3,(H,22,27). The number of nitro benzene ring substituents is 1. The second-order valence-corrected chi connectivity index (χ2v) is 8.18. The first kappa shape index (κ1) is 20.1. The number of nitro groups is 1. The molecule has 0 aliphatic heterocycles. The molecule has 1 aliphatic rings. The Morgan fingerprint density at radius 2 is 2.07 bits per heavy atom. The van der Waals surface area contributed by atoms with Gasteiger partial charge in [0.2, 0.25) is 0 Å². The van der Waals surface area contributed by atoms with Crippen LogP contribution in [0.15, 0.2) is 46.8 Å². The summed E-state index contributed by atoms with van der Waals surface area (Å²) in [7, 11) is 1.76.